The van der Waals surface area contributed by atoms with E-state index in [0.717, 1.165) is 28.7 Å². The number of benzene rings is 2. The smallest absolute Gasteiger partial charge is 0.407 e. The van der Waals surface area contributed by atoms with Crippen LogP contribution >= 0.6 is 0 Å². The summed E-state index contributed by atoms with van der Waals surface area (Å²) in [7, 11) is 0. The van der Waals surface area contributed by atoms with Crippen LogP contribution in [-0.2, 0) is 14.3 Å². The van der Waals surface area contributed by atoms with Crippen LogP contribution in [0, 0.1) is 11.3 Å². The van der Waals surface area contributed by atoms with Crippen molar-refractivity contribution in [1.82, 2.24) is 10.6 Å². The summed E-state index contributed by atoms with van der Waals surface area (Å²) in [6.45, 7) is 9.36. The molecular weight excluding hydrogens is 444 g/mol. The Hall–Kier alpha value is -3.35. The number of alkyl carbamates (subject to hydrolysis) is 1. The van der Waals surface area contributed by atoms with Crippen LogP contribution in [0.4, 0.5) is 4.79 Å². The minimum absolute atomic E-state index is 0.0905. The third-order valence-corrected chi connectivity index (χ3v) is 6.69. The first-order valence-corrected chi connectivity index (χ1v) is 12.2. The van der Waals surface area contributed by atoms with Crippen molar-refractivity contribution in [2.24, 2.45) is 11.3 Å². The van der Waals surface area contributed by atoms with Crippen LogP contribution in [0.15, 0.2) is 48.5 Å². The molecule has 3 unspecified atom stereocenters. The van der Waals surface area contributed by atoms with Crippen LogP contribution in [0.3, 0.4) is 0 Å². The Labute approximate surface area is 207 Å². The fourth-order valence-corrected chi connectivity index (χ4v) is 4.47. The first kappa shape index (κ1) is 26.3. The molecule has 0 heterocycles. The highest BCUT2D eigenvalue weighted by atomic mass is 16.5. The molecule has 188 valence electrons. The summed E-state index contributed by atoms with van der Waals surface area (Å²) < 4.78 is 5.61. The summed E-state index contributed by atoms with van der Waals surface area (Å²) in [6.07, 6.45) is 0.499. The number of carboxylic acid groups (broad SMARTS) is 1. The van der Waals surface area contributed by atoms with E-state index in [1.165, 1.54) is 0 Å². The number of hydrogen-bond donors (Lipinski definition) is 3. The van der Waals surface area contributed by atoms with Gasteiger partial charge in [0, 0.05) is 5.92 Å². The van der Waals surface area contributed by atoms with Crippen LogP contribution < -0.4 is 10.6 Å². The van der Waals surface area contributed by atoms with E-state index in [0.29, 0.717) is 6.42 Å². The maximum Gasteiger partial charge on any atom is 0.407 e. The Kier molecular flexibility index (Phi) is 8.20. The fraction of sp³-hybridized carbons (Fsp3) is 0.464. The highest BCUT2D eigenvalue weighted by Gasteiger charge is 2.35. The zero-order valence-electron chi connectivity index (χ0n) is 21.1. The number of fused-ring (bicyclic) bond motifs is 3. The number of rotatable bonds is 9. The van der Waals surface area contributed by atoms with Gasteiger partial charge in [-0.1, -0.05) is 89.6 Å². The van der Waals surface area contributed by atoms with Crippen LogP contribution in [0.25, 0.3) is 11.1 Å². The Bertz CT molecular complexity index is 1030. The second-order valence-electron chi connectivity index (χ2n) is 10.4. The zero-order valence-corrected chi connectivity index (χ0v) is 21.1. The number of ether oxygens (including phenoxy) is 1. The summed E-state index contributed by atoms with van der Waals surface area (Å²) in [5.74, 6) is -1.58. The van der Waals surface area contributed by atoms with E-state index < -0.39 is 35.5 Å². The predicted octanol–water partition coefficient (Wildman–Crippen LogP) is 4.95. The number of carboxylic acids is 1. The third kappa shape index (κ3) is 6.21. The Morgan fingerprint density at radius 1 is 0.971 bits per heavy atom. The average Bonchev–Trinajstić information content (AvgIpc) is 3.13. The van der Waals surface area contributed by atoms with Crippen LogP contribution in [-0.4, -0.2) is 41.8 Å². The first-order chi connectivity index (χ1) is 16.5. The molecule has 2 aromatic rings. The van der Waals surface area contributed by atoms with E-state index in [1.807, 2.05) is 50.2 Å². The number of amides is 2. The minimum Gasteiger partial charge on any atom is -0.480 e. The van der Waals surface area contributed by atoms with Crippen molar-refractivity contribution in [1.29, 1.82) is 0 Å². The van der Waals surface area contributed by atoms with Gasteiger partial charge in [-0.2, -0.15) is 0 Å². The van der Waals surface area contributed by atoms with Crippen LogP contribution in [0.2, 0.25) is 0 Å². The lowest BCUT2D eigenvalue weighted by molar-refractivity contribution is -0.145. The Balaban J connectivity index is 1.70. The van der Waals surface area contributed by atoms with Crippen molar-refractivity contribution in [2.75, 3.05) is 6.61 Å². The van der Waals surface area contributed by atoms with Gasteiger partial charge < -0.3 is 20.5 Å². The molecular formula is C28H36N2O5. The van der Waals surface area contributed by atoms with Gasteiger partial charge in [0.1, 0.15) is 18.7 Å². The molecule has 7 heteroatoms. The second-order valence-corrected chi connectivity index (χ2v) is 10.4. The van der Waals surface area contributed by atoms with E-state index in [-0.39, 0.29) is 18.4 Å². The Morgan fingerprint density at radius 3 is 2.00 bits per heavy atom. The lowest BCUT2D eigenvalue weighted by Gasteiger charge is -2.30. The van der Waals surface area contributed by atoms with Gasteiger partial charge in [-0.05, 0) is 40.0 Å². The summed E-state index contributed by atoms with van der Waals surface area (Å²) in [5, 5.41) is 14.9. The molecule has 0 aromatic heterocycles. The molecule has 7 nitrogen and oxygen atoms in total. The molecule has 35 heavy (non-hydrogen) atoms. The summed E-state index contributed by atoms with van der Waals surface area (Å²) in [5.41, 5.74) is 3.78. The van der Waals surface area contributed by atoms with Gasteiger partial charge in [-0.3, -0.25) is 4.79 Å². The highest BCUT2D eigenvalue weighted by Crippen LogP contribution is 2.44. The number of aliphatic carboxylic acids is 1. The topological polar surface area (TPSA) is 105 Å². The SMILES string of the molecule is CCC(C)CC(NC(=O)OCC1c2ccccc2-c2ccccc21)C(=O)NC(C(=O)O)C(C)(C)C. The van der Waals surface area contributed by atoms with E-state index in [2.05, 4.69) is 22.8 Å². The highest BCUT2D eigenvalue weighted by molar-refractivity contribution is 5.89. The second kappa shape index (κ2) is 10.9. The van der Waals surface area contributed by atoms with E-state index in [1.54, 1.807) is 20.8 Å². The van der Waals surface area contributed by atoms with Gasteiger partial charge in [-0.15, -0.1) is 0 Å². The molecule has 2 aromatic carbocycles. The molecule has 3 N–H and O–H groups in total. The number of hydrogen-bond acceptors (Lipinski definition) is 4. The van der Waals surface area contributed by atoms with Gasteiger partial charge in [-0.25, -0.2) is 9.59 Å². The molecule has 0 saturated heterocycles. The molecule has 0 radical (unpaired) electrons. The first-order valence-electron chi connectivity index (χ1n) is 12.2. The monoisotopic (exact) mass is 480 g/mol. The molecule has 1 aliphatic rings. The van der Waals surface area contributed by atoms with Crippen LogP contribution in [0.1, 0.15) is 64.5 Å². The van der Waals surface area contributed by atoms with Crippen molar-refractivity contribution in [3.8, 4) is 11.1 Å². The lowest BCUT2D eigenvalue weighted by Crippen LogP contribution is -2.55. The maximum absolute atomic E-state index is 13.0. The molecule has 0 saturated carbocycles. The average molecular weight is 481 g/mol. The van der Waals surface area contributed by atoms with Crippen molar-refractivity contribution < 1.29 is 24.2 Å². The number of carbonyl (C=O) groups excluding carboxylic acids is 2. The number of carbonyl (C=O) groups is 3. The molecule has 0 bridgehead atoms. The van der Waals surface area contributed by atoms with Crippen LogP contribution in [0.5, 0.6) is 0 Å². The molecule has 0 spiro atoms. The van der Waals surface area contributed by atoms with Gasteiger partial charge >= 0.3 is 12.1 Å². The van der Waals surface area contributed by atoms with Gasteiger partial charge in [0.05, 0.1) is 0 Å². The molecule has 3 rings (SSSR count). The molecule has 1 aliphatic carbocycles. The summed E-state index contributed by atoms with van der Waals surface area (Å²) >= 11 is 0. The number of nitrogens with one attached hydrogen (secondary N) is 2. The van der Waals surface area contributed by atoms with Gasteiger partial charge in [0.15, 0.2) is 0 Å². The van der Waals surface area contributed by atoms with Crippen molar-refractivity contribution >= 4 is 18.0 Å². The predicted molar refractivity (Wildman–Crippen MR) is 135 cm³/mol. The normalized spacial score (nSPS) is 15.3. The van der Waals surface area contributed by atoms with Gasteiger partial charge in [0.2, 0.25) is 5.91 Å². The molecule has 0 aliphatic heterocycles. The zero-order chi connectivity index (χ0) is 25.8. The largest absolute Gasteiger partial charge is 0.480 e. The summed E-state index contributed by atoms with van der Waals surface area (Å²) in [6, 6.07) is 14.2. The van der Waals surface area contributed by atoms with E-state index >= 15 is 0 Å². The maximum atomic E-state index is 13.0. The van der Waals surface area contributed by atoms with Crippen molar-refractivity contribution in [3.63, 3.8) is 0 Å². The fourth-order valence-electron chi connectivity index (χ4n) is 4.47. The van der Waals surface area contributed by atoms with Crippen molar-refractivity contribution in [2.45, 2.75) is 65.5 Å². The van der Waals surface area contributed by atoms with Gasteiger partial charge in [0.25, 0.3) is 0 Å². The minimum atomic E-state index is -1.12. The summed E-state index contributed by atoms with van der Waals surface area (Å²) in [4.78, 5) is 37.6. The standard InChI is InChI=1S/C28H36N2O5/c1-6-17(2)15-23(25(31)30-24(26(32)33)28(3,4)5)29-27(34)35-16-22-20-13-9-7-11-18(20)19-12-8-10-14-21(19)22/h7-14,17,22-24H,6,15-16H2,1-5H3,(H,29,34)(H,30,31)(H,32,33). The molecule has 2 amide bonds. The third-order valence-electron chi connectivity index (χ3n) is 6.69. The molecule has 0 fully saturated rings. The Morgan fingerprint density at radius 2 is 1.51 bits per heavy atom. The quantitative estimate of drug-likeness (QED) is 0.471. The molecule has 3 atom stereocenters. The van der Waals surface area contributed by atoms with E-state index in [9.17, 15) is 19.5 Å². The van der Waals surface area contributed by atoms with Crippen molar-refractivity contribution in [3.05, 3.63) is 59.7 Å². The lowest BCUT2D eigenvalue weighted by atomic mass is 9.86. The van der Waals surface area contributed by atoms with E-state index in [4.69, 9.17) is 4.74 Å².